The minimum absolute atomic E-state index is 0.170. The fraction of sp³-hybridized carbons (Fsp3) is 0.188. The zero-order valence-corrected chi connectivity index (χ0v) is 11.7. The molecule has 5 nitrogen and oxygen atoms in total. The summed E-state index contributed by atoms with van der Waals surface area (Å²) in [7, 11) is 0. The summed E-state index contributed by atoms with van der Waals surface area (Å²) in [6.07, 6.45) is -0.481. The van der Waals surface area contributed by atoms with Gasteiger partial charge in [-0.2, -0.15) is 0 Å². The van der Waals surface area contributed by atoms with Gasteiger partial charge in [0.2, 0.25) is 0 Å². The maximum Gasteiger partial charge on any atom is 0.317 e. The number of urea groups is 1. The third kappa shape index (κ3) is 5.06. The molecular weight excluding hydrogens is 268 g/mol. The number of hydrogen-bond donors (Lipinski definition) is 3. The van der Waals surface area contributed by atoms with E-state index in [2.05, 4.69) is 10.6 Å². The smallest absolute Gasteiger partial charge is 0.317 e. The molecule has 0 saturated carbocycles. The predicted molar refractivity (Wildman–Crippen MR) is 80.0 cm³/mol. The van der Waals surface area contributed by atoms with Crippen LogP contribution in [0.25, 0.3) is 0 Å². The molecule has 0 bridgehead atoms. The van der Waals surface area contributed by atoms with Crippen LogP contribution in [0, 0.1) is 0 Å². The van der Waals surface area contributed by atoms with E-state index in [1.165, 1.54) is 12.1 Å². The summed E-state index contributed by atoms with van der Waals surface area (Å²) in [6, 6.07) is 15.7. The van der Waals surface area contributed by atoms with E-state index in [-0.39, 0.29) is 11.8 Å². The van der Waals surface area contributed by atoms with Crippen molar-refractivity contribution in [2.45, 2.75) is 19.7 Å². The molecule has 0 heterocycles. The summed E-state index contributed by atoms with van der Waals surface area (Å²) in [5, 5.41) is 14.6. The Balaban J connectivity index is 1.75. The van der Waals surface area contributed by atoms with Gasteiger partial charge in [0.25, 0.3) is 0 Å². The van der Waals surface area contributed by atoms with Crippen molar-refractivity contribution < 1.29 is 14.6 Å². The van der Waals surface area contributed by atoms with Gasteiger partial charge >= 0.3 is 6.03 Å². The Morgan fingerprint density at radius 2 is 1.81 bits per heavy atom. The van der Waals surface area contributed by atoms with Crippen molar-refractivity contribution in [1.82, 2.24) is 10.6 Å². The molecule has 0 aromatic heterocycles. The summed E-state index contributed by atoms with van der Waals surface area (Å²) >= 11 is 0. The molecule has 0 aliphatic rings. The highest BCUT2D eigenvalue weighted by atomic mass is 16.5. The Bertz CT molecular complexity index is 570. The van der Waals surface area contributed by atoms with Gasteiger partial charge in [0.15, 0.2) is 6.23 Å². The number of carbonyl (C=O) groups is 1. The topological polar surface area (TPSA) is 70.6 Å². The number of phenolic OH excluding ortho intramolecular Hbond substituents is 1. The van der Waals surface area contributed by atoms with Crippen LogP contribution < -0.4 is 15.4 Å². The van der Waals surface area contributed by atoms with Gasteiger partial charge in [0.05, 0.1) is 0 Å². The van der Waals surface area contributed by atoms with Crippen molar-refractivity contribution in [2.75, 3.05) is 0 Å². The highest BCUT2D eigenvalue weighted by Gasteiger charge is 2.08. The molecule has 5 heteroatoms. The third-order valence-electron chi connectivity index (χ3n) is 2.78. The van der Waals surface area contributed by atoms with Gasteiger partial charge in [-0.05, 0) is 36.8 Å². The van der Waals surface area contributed by atoms with E-state index >= 15 is 0 Å². The first-order chi connectivity index (χ1) is 10.1. The first-order valence-corrected chi connectivity index (χ1v) is 6.67. The lowest BCUT2D eigenvalue weighted by Gasteiger charge is -2.16. The molecule has 1 atom stereocenters. The molecule has 21 heavy (non-hydrogen) atoms. The molecule has 2 rings (SSSR count). The molecule has 2 aromatic rings. The van der Waals surface area contributed by atoms with Gasteiger partial charge in [-0.1, -0.05) is 30.3 Å². The number of benzene rings is 2. The maximum absolute atomic E-state index is 11.7. The lowest BCUT2D eigenvalue weighted by atomic mass is 10.2. The molecule has 3 N–H and O–H groups in total. The minimum Gasteiger partial charge on any atom is -0.508 e. The van der Waals surface area contributed by atoms with Gasteiger partial charge in [0.1, 0.15) is 11.5 Å². The van der Waals surface area contributed by atoms with Crippen molar-refractivity contribution in [1.29, 1.82) is 0 Å². The summed E-state index contributed by atoms with van der Waals surface area (Å²) in [4.78, 5) is 11.7. The number of amides is 2. The zero-order chi connectivity index (χ0) is 15.1. The van der Waals surface area contributed by atoms with Gasteiger partial charge in [-0.25, -0.2) is 4.79 Å². The number of rotatable bonds is 5. The lowest BCUT2D eigenvalue weighted by molar-refractivity contribution is 0.177. The van der Waals surface area contributed by atoms with E-state index in [9.17, 15) is 9.90 Å². The van der Waals surface area contributed by atoms with Crippen molar-refractivity contribution in [2.24, 2.45) is 0 Å². The zero-order valence-electron chi connectivity index (χ0n) is 11.7. The molecule has 0 saturated heterocycles. The molecule has 2 aromatic carbocycles. The van der Waals surface area contributed by atoms with Crippen LogP contribution >= 0.6 is 0 Å². The van der Waals surface area contributed by atoms with E-state index in [0.717, 1.165) is 5.56 Å². The van der Waals surface area contributed by atoms with Crippen LogP contribution in [0.4, 0.5) is 4.79 Å². The predicted octanol–water partition coefficient (Wildman–Crippen LogP) is 2.62. The normalized spacial score (nSPS) is 11.5. The average molecular weight is 286 g/mol. The van der Waals surface area contributed by atoms with Crippen molar-refractivity contribution in [3.8, 4) is 11.5 Å². The molecule has 0 radical (unpaired) electrons. The van der Waals surface area contributed by atoms with Crippen LogP contribution in [-0.4, -0.2) is 17.4 Å². The van der Waals surface area contributed by atoms with Gasteiger partial charge in [-0.15, -0.1) is 0 Å². The monoisotopic (exact) mass is 286 g/mol. The quantitative estimate of drug-likeness (QED) is 0.740. The van der Waals surface area contributed by atoms with Crippen LogP contribution in [0.2, 0.25) is 0 Å². The fourth-order valence-corrected chi connectivity index (χ4v) is 1.77. The summed E-state index contributed by atoms with van der Waals surface area (Å²) in [5.41, 5.74) is 1.03. The Morgan fingerprint density at radius 3 is 2.48 bits per heavy atom. The first kappa shape index (κ1) is 14.7. The van der Waals surface area contributed by atoms with Crippen LogP contribution in [0.1, 0.15) is 12.5 Å². The maximum atomic E-state index is 11.7. The molecule has 0 spiro atoms. The number of hydrogen-bond acceptors (Lipinski definition) is 3. The van der Waals surface area contributed by atoms with E-state index in [0.29, 0.717) is 12.3 Å². The highest BCUT2D eigenvalue weighted by Crippen LogP contribution is 2.16. The highest BCUT2D eigenvalue weighted by molar-refractivity contribution is 5.74. The van der Waals surface area contributed by atoms with E-state index < -0.39 is 6.23 Å². The average Bonchev–Trinajstić information content (AvgIpc) is 2.48. The Morgan fingerprint density at radius 1 is 1.14 bits per heavy atom. The largest absolute Gasteiger partial charge is 0.508 e. The van der Waals surface area contributed by atoms with Crippen LogP contribution in [0.3, 0.4) is 0 Å². The van der Waals surface area contributed by atoms with Gasteiger partial charge in [-0.3, -0.25) is 0 Å². The molecule has 0 aliphatic carbocycles. The van der Waals surface area contributed by atoms with E-state index in [1.807, 2.05) is 30.3 Å². The number of ether oxygens (including phenoxy) is 1. The summed E-state index contributed by atoms with van der Waals surface area (Å²) < 4.78 is 5.51. The van der Waals surface area contributed by atoms with Crippen LogP contribution in [0.15, 0.2) is 54.6 Å². The molecule has 110 valence electrons. The Kier molecular flexibility index (Phi) is 5.04. The first-order valence-electron chi connectivity index (χ1n) is 6.67. The summed E-state index contributed by atoms with van der Waals surface area (Å²) in [6.45, 7) is 2.19. The second-order valence-corrected chi connectivity index (χ2v) is 4.57. The lowest BCUT2D eigenvalue weighted by Crippen LogP contribution is -2.43. The van der Waals surface area contributed by atoms with Crippen molar-refractivity contribution in [3.05, 3.63) is 60.2 Å². The second kappa shape index (κ2) is 7.19. The molecule has 0 fully saturated rings. The minimum atomic E-state index is -0.481. The molecule has 0 aliphatic heterocycles. The van der Waals surface area contributed by atoms with Crippen LogP contribution in [0.5, 0.6) is 11.5 Å². The van der Waals surface area contributed by atoms with Crippen molar-refractivity contribution in [3.63, 3.8) is 0 Å². The van der Waals surface area contributed by atoms with E-state index in [1.54, 1.807) is 19.1 Å². The SMILES string of the molecule is CC(NC(=O)NCc1ccccc1)Oc1ccc(O)cc1. The molecular formula is C16H18N2O3. The number of carbonyl (C=O) groups excluding carboxylic acids is 1. The standard InChI is InChI=1S/C16H18N2O3/c1-12(21-15-9-7-14(19)8-10-15)18-16(20)17-11-13-5-3-2-4-6-13/h2-10,12,19H,11H2,1H3,(H2,17,18,20). The fourth-order valence-electron chi connectivity index (χ4n) is 1.77. The number of aromatic hydroxyl groups is 1. The molecule has 1 unspecified atom stereocenters. The van der Waals surface area contributed by atoms with Crippen LogP contribution in [-0.2, 0) is 6.54 Å². The van der Waals surface area contributed by atoms with E-state index in [4.69, 9.17) is 4.74 Å². The molecule has 2 amide bonds. The second-order valence-electron chi connectivity index (χ2n) is 4.57. The van der Waals surface area contributed by atoms with Gasteiger partial charge < -0.3 is 20.5 Å². The Hall–Kier alpha value is -2.69. The number of nitrogens with one attached hydrogen (secondary N) is 2. The Labute approximate surface area is 123 Å². The van der Waals surface area contributed by atoms with Gasteiger partial charge in [0, 0.05) is 6.54 Å². The third-order valence-corrected chi connectivity index (χ3v) is 2.78. The summed E-state index contributed by atoms with van der Waals surface area (Å²) in [5.74, 6) is 0.743. The number of phenols is 1. The van der Waals surface area contributed by atoms with Crippen molar-refractivity contribution >= 4 is 6.03 Å².